The number of rotatable bonds is 3. The molecule has 29 heavy (non-hydrogen) atoms. The highest BCUT2D eigenvalue weighted by Gasteiger charge is 2.73. The number of aromatic nitrogens is 5. The molecule has 158 valence electrons. The topological polar surface area (TPSA) is 108 Å². The first-order valence-electron chi connectivity index (χ1n) is 7.63. The maximum absolute atomic E-state index is 12.9. The minimum Gasteiger partial charge on any atom is -0.368 e. The quantitative estimate of drug-likeness (QED) is 0.619. The zero-order chi connectivity index (χ0) is 21.9. The number of fused-ring (bicyclic) bond motifs is 1. The van der Waals surface area contributed by atoms with Crippen LogP contribution in [0.4, 0.5) is 26.3 Å². The van der Waals surface area contributed by atoms with Crippen LogP contribution in [-0.2, 0) is 26.2 Å². The molecule has 0 aromatic carbocycles. The van der Waals surface area contributed by atoms with E-state index in [-0.39, 0.29) is 17.2 Å². The van der Waals surface area contributed by atoms with Crippen LogP contribution in [-0.4, -0.2) is 41.3 Å². The maximum Gasteiger partial charge on any atom is 0.432 e. The molecule has 0 atom stereocenters. The maximum atomic E-state index is 12.9. The Morgan fingerprint density at radius 2 is 1.69 bits per heavy atom. The van der Waals surface area contributed by atoms with Crippen molar-refractivity contribution in [1.29, 1.82) is 0 Å². The predicted octanol–water partition coefficient (Wildman–Crippen LogP) is 0.782. The average molecular weight is 427 g/mol. The Bertz CT molecular complexity index is 1180. The first-order valence-corrected chi connectivity index (χ1v) is 7.63. The summed E-state index contributed by atoms with van der Waals surface area (Å²) in [6.45, 7) is -0.828. The van der Waals surface area contributed by atoms with Crippen molar-refractivity contribution in [3.8, 4) is 0 Å². The van der Waals surface area contributed by atoms with E-state index in [2.05, 4.69) is 14.7 Å². The van der Waals surface area contributed by atoms with Gasteiger partial charge in [0.2, 0.25) is 0 Å². The fourth-order valence-electron chi connectivity index (χ4n) is 2.70. The van der Waals surface area contributed by atoms with Crippen molar-refractivity contribution >= 4 is 11.2 Å². The summed E-state index contributed by atoms with van der Waals surface area (Å²) in [5.41, 5.74) is -9.01. The molecule has 0 spiro atoms. The van der Waals surface area contributed by atoms with Crippen molar-refractivity contribution in [3.05, 3.63) is 44.7 Å². The lowest BCUT2D eigenvalue weighted by Gasteiger charge is -2.30. The smallest absolute Gasteiger partial charge is 0.368 e. The third-order valence-electron chi connectivity index (χ3n) is 4.27. The van der Waals surface area contributed by atoms with Crippen LogP contribution < -0.4 is 11.2 Å². The lowest BCUT2D eigenvalue weighted by molar-refractivity contribution is -0.377. The number of aryl methyl sites for hydroxylation is 2. The number of imidazole rings is 1. The van der Waals surface area contributed by atoms with Crippen molar-refractivity contribution < 1.29 is 36.0 Å². The Hall–Kier alpha value is -3.10. The summed E-state index contributed by atoms with van der Waals surface area (Å²) in [4.78, 5) is 28.7. The molecule has 9 nitrogen and oxygen atoms in total. The first kappa shape index (κ1) is 20.6. The van der Waals surface area contributed by atoms with Crippen LogP contribution in [0.25, 0.3) is 11.2 Å². The Labute approximate surface area is 155 Å². The summed E-state index contributed by atoms with van der Waals surface area (Å²) < 4.78 is 84.7. The van der Waals surface area contributed by atoms with Gasteiger partial charge in [-0.25, -0.2) is 9.78 Å². The fraction of sp³-hybridized carbons (Fsp3) is 0.429. The van der Waals surface area contributed by atoms with Crippen molar-refractivity contribution in [2.45, 2.75) is 24.5 Å². The number of nitrogens with zero attached hydrogens (tertiary/aromatic N) is 5. The minimum absolute atomic E-state index is 0.0283. The largest absolute Gasteiger partial charge is 0.432 e. The molecular formula is C14H11F6N5O4. The van der Waals surface area contributed by atoms with E-state index in [0.29, 0.717) is 4.57 Å². The standard InChI is InChI=1S/C14H11F6N5O4/c1-23-5-21-9-8(23)10(26)25(11(27)24(9)2)4-6-3-7(22-29-6)12(28,13(15,16)17)14(18,19)20/h3,5,28H,4H2,1-2H3. The third-order valence-corrected chi connectivity index (χ3v) is 4.27. The van der Waals surface area contributed by atoms with Crippen LogP contribution in [0.1, 0.15) is 11.5 Å². The lowest BCUT2D eigenvalue weighted by atomic mass is 9.98. The van der Waals surface area contributed by atoms with E-state index in [4.69, 9.17) is 0 Å². The number of hydrogen-bond acceptors (Lipinski definition) is 6. The van der Waals surface area contributed by atoms with Crippen molar-refractivity contribution in [2.24, 2.45) is 14.1 Å². The van der Waals surface area contributed by atoms with Crippen LogP contribution in [0.15, 0.2) is 26.5 Å². The van der Waals surface area contributed by atoms with E-state index in [1.807, 2.05) is 0 Å². The third kappa shape index (κ3) is 2.92. The molecule has 0 bridgehead atoms. The van der Waals surface area contributed by atoms with E-state index < -0.39 is 47.2 Å². The molecule has 3 aromatic rings. The Kier molecular flexibility index (Phi) is 4.41. The van der Waals surface area contributed by atoms with Gasteiger partial charge in [-0.15, -0.1) is 0 Å². The summed E-state index contributed by atoms with van der Waals surface area (Å²) >= 11 is 0. The van der Waals surface area contributed by atoms with Gasteiger partial charge in [0.25, 0.3) is 5.56 Å². The van der Waals surface area contributed by atoms with E-state index in [0.717, 1.165) is 4.57 Å². The normalized spacial score (nSPS) is 13.4. The molecule has 0 fully saturated rings. The van der Waals surface area contributed by atoms with Gasteiger partial charge in [-0.1, -0.05) is 5.16 Å². The second kappa shape index (κ2) is 6.20. The Morgan fingerprint density at radius 1 is 1.10 bits per heavy atom. The van der Waals surface area contributed by atoms with Gasteiger partial charge in [-0.3, -0.25) is 13.9 Å². The number of alkyl halides is 6. The van der Waals surface area contributed by atoms with Gasteiger partial charge in [0.1, 0.15) is 5.69 Å². The molecule has 0 radical (unpaired) electrons. The molecule has 1 N–H and O–H groups in total. The zero-order valence-electron chi connectivity index (χ0n) is 14.5. The van der Waals surface area contributed by atoms with E-state index in [1.165, 1.54) is 25.0 Å². The first-order chi connectivity index (χ1) is 13.2. The predicted molar refractivity (Wildman–Crippen MR) is 81.8 cm³/mol. The van der Waals surface area contributed by atoms with Crippen LogP contribution in [0, 0.1) is 0 Å². The average Bonchev–Trinajstić information content (AvgIpc) is 3.21. The van der Waals surface area contributed by atoms with Crippen LogP contribution in [0.2, 0.25) is 0 Å². The molecule has 0 aliphatic rings. The summed E-state index contributed by atoms with van der Waals surface area (Å²) in [5.74, 6) is -0.687. The molecule has 0 saturated carbocycles. The van der Waals surface area contributed by atoms with Gasteiger partial charge < -0.3 is 14.2 Å². The Balaban J connectivity index is 2.11. The van der Waals surface area contributed by atoms with Crippen LogP contribution in [0.3, 0.4) is 0 Å². The SMILES string of the molecule is Cn1cnc2c1c(=O)n(Cc1cc(C(O)(C(F)(F)F)C(F)(F)F)no1)c(=O)n2C. The lowest BCUT2D eigenvalue weighted by Crippen LogP contribution is -2.54. The molecule has 0 aliphatic heterocycles. The van der Waals surface area contributed by atoms with Crippen molar-refractivity contribution in [3.63, 3.8) is 0 Å². The monoisotopic (exact) mass is 427 g/mol. The van der Waals surface area contributed by atoms with Gasteiger partial charge >= 0.3 is 23.6 Å². The van der Waals surface area contributed by atoms with Gasteiger partial charge in [0.05, 0.1) is 12.9 Å². The van der Waals surface area contributed by atoms with Gasteiger partial charge in [0.15, 0.2) is 16.9 Å². The second-order valence-corrected chi connectivity index (χ2v) is 6.14. The van der Waals surface area contributed by atoms with Gasteiger partial charge in [-0.2, -0.15) is 26.3 Å². The highest BCUT2D eigenvalue weighted by Crippen LogP contribution is 2.49. The molecule has 0 amide bonds. The summed E-state index contributed by atoms with van der Waals surface area (Å²) in [7, 11) is 2.72. The molecule has 3 heterocycles. The molecule has 3 rings (SSSR count). The van der Waals surface area contributed by atoms with Crippen LogP contribution in [0.5, 0.6) is 0 Å². The number of aliphatic hydroxyl groups is 1. The van der Waals surface area contributed by atoms with Crippen molar-refractivity contribution in [1.82, 2.24) is 23.8 Å². The summed E-state index contributed by atoms with van der Waals surface area (Å²) in [6.07, 6.45) is -11.1. The molecule has 15 heteroatoms. The molecule has 3 aromatic heterocycles. The number of hydrogen-bond donors (Lipinski definition) is 1. The summed E-state index contributed by atoms with van der Waals surface area (Å²) in [6, 6.07) is 0.181. The highest BCUT2D eigenvalue weighted by molar-refractivity contribution is 5.69. The van der Waals surface area contributed by atoms with E-state index in [9.17, 15) is 41.0 Å². The number of halogens is 6. The van der Waals surface area contributed by atoms with Gasteiger partial charge in [-0.05, 0) is 0 Å². The Morgan fingerprint density at radius 3 is 2.24 bits per heavy atom. The van der Waals surface area contributed by atoms with Crippen LogP contribution >= 0.6 is 0 Å². The summed E-state index contributed by atoms with van der Waals surface area (Å²) in [5, 5.41) is 12.0. The van der Waals surface area contributed by atoms with E-state index >= 15 is 0 Å². The highest BCUT2D eigenvalue weighted by atomic mass is 19.4. The molecule has 0 saturated heterocycles. The second-order valence-electron chi connectivity index (χ2n) is 6.14. The molecule has 0 aliphatic carbocycles. The fourth-order valence-corrected chi connectivity index (χ4v) is 2.70. The molecular weight excluding hydrogens is 416 g/mol. The van der Waals surface area contributed by atoms with Gasteiger partial charge in [0, 0.05) is 20.2 Å². The molecule has 0 unspecified atom stereocenters. The van der Waals surface area contributed by atoms with E-state index in [1.54, 1.807) is 0 Å². The van der Waals surface area contributed by atoms with Crippen molar-refractivity contribution in [2.75, 3.05) is 0 Å². The zero-order valence-corrected chi connectivity index (χ0v) is 14.5. The minimum atomic E-state index is -6.15.